The second kappa shape index (κ2) is 7.44. The van der Waals surface area contributed by atoms with Crippen LogP contribution in [0.4, 0.5) is 0 Å². The van der Waals surface area contributed by atoms with Crippen molar-refractivity contribution in [2.24, 2.45) is 5.92 Å². The van der Waals surface area contributed by atoms with Gasteiger partial charge in [0.1, 0.15) is 6.54 Å². The molecule has 2 fully saturated rings. The van der Waals surface area contributed by atoms with Crippen molar-refractivity contribution in [3.63, 3.8) is 0 Å². The van der Waals surface area contributed by atoms with Crippen LogP contribution in [0.3, 0.4) is 0 Å². The van der Waals surface area contributed by atoms with Gasteiger partial charge < -0.3 is 9.64 Å². The average Bonchev–Trinajstić information content (AvgIpc) is 3.03. The Labute approximate surface area is 142 Å². The van der Waals surface area contributed by atoms with E-state index in [4.69, 9.17) is 4.74 Å². The standard InChI is InChI=1S/C17H26N4O3/c1-3-14-10-20(11-15(14)19-6-8-24-9-7-19)17(23)12-21-16(22)5-4-13(2)18-21/h4-5,14-15H,3,6-12H2,1-2H3/t14-,15-/m1/s1. The van der Waals surface area contributed by atoms with Gasteiger partial charge in [0, 0.05) is 38.3 Å². The fraction of sp³-hybridized carbons (Fsp3) is 0.706. The van der Waals surface area contributed by atoms with E-state index in [9.17, 15) is 9.59 Å². The molecule has 2 atom stereocenters. The minimum absolute atomic E-state index is 0.0206. The lowest BCUT2D eigenvalue weighted by Gasteiger charge is -2.34. The summed E-state index contributed by atoms with van der Waals surface area (Å²) in [6.45, 7) is 8.91. The highest BCUT2D eigenvalue weighted by Crippen LogP contribution is 2.25. The van der Waals surface area contributed by atoms with Crippen molar-refractivity contribution in [1.29, 1.82) is 0 Å². The molecule has 2 saturated heterocycles. The summed E-state index contributed by atoms with van der Waals surface area (Å²) in [5.41, 5.74) is 0.506. The molecular formula is C17H26N4O3. The van der Waals surface area contributed by atoms with Gasteiger partial charge in [-0.1, -0.05) is 13.3 Å². The first-order valence-corrected chi connectivity index (χ1v) is 8.73. The van der Waals surface area contributed by atoms with Crippen molar-refractivity contribution in [3.8, 4) is 0 Å². The summed E-state index contributed by atoms with van der Waals surface area (Å²) in [5, 5.41) is 4.16. The number of ether oxygens (including phenoxy) is 1. The van der Waals surface area contributed by atoms with Crippen LogP contribution in [0, 0.1) is 12.8 Å². The highest BCUT2D eigenvalue weighted by atomic mass is 16.5. The van der Waals surface area contributed by atoms with Crippen molar-refractivity contribution < 1.29 is 9.53 Å². The van der Waals surface area contributed by atoms with Gasteiger partial charge in [0.15, 0.2) is 0 Å². The third-order valence-electron chi connectivity index (χ3n) is 5.08. The number of aryl methyl sites for hydroxylation is 1. The molecule has 132 valence electrons. The van der Waals surface area contributed by atoms with E-state index in [1.165, 1.54) is 10.7 Å². The second-order valence-corrected chi connectivity index (χ2v) is 6.65. The van der Waals surface area contributed by atoms with E-state index in [1.54, 1.807) is 6.07 Å². The molecule has 0 saturated carbocycles. The molecule has 1 aromatic rings. The molecule has 7 nitrogen and oxygen atoms in total. The van der Waals surface area contributed by atoms with Crippen LogP contribution in [0.5, 0.6) is 0 Å². The molecule has 1 amide bonds. The van der Waals surface area contributed by atoms with E-state index in [1.807, 2.05) is 11.8 Å². The van der Waals surface area contributed by atoms with Crippen molar-refractivity contribution in [2.45, 2.75) is 32.9 Å². The summed E-state index contributed by atoms with van der Waals surface area (Å²) in [4.78, 5) is 28.9. The normalized spacial score (nSPS) is 25.2. The molecule has 2 aliphatic rings. The molecule has 7 heteroatoms. The molecule has 0 unspecified atom stereocenters. The molecule has 3 heterocycles. The topological polar surface area (TPSA) is 67.7 Å². The first kappa shape index (κ1) is 17.1. The Morgan fingerprint density at radius 2 is 2.04 bits per heavy atom. The quantitative estimate of drug-likeness (QED) is 0.782. The summed E-state index contributed by atoms with van der Waals surface area (Å²) >= 11 is 0. The number of amides is 1. The van der Waals surface area contributed by atoms with Crippen LogP contribution in [-0.4, -0.2) is 70.9 Å². The fourth-order valence-electron chi connectivity index (χ4n) is 3.67. The molecule has 0 aromatic carbocycles. The Kier molecular flexibility index (Phi) is 5.30. The smallest absolute Gasteiger partial charge is 0.267 e. The molecule has 3 rings (SSSR count). The van der Waals surface area contributed by atoms with Crippen LogP contribution in [0.1, 0.15) is 19.0 Å². The first-order valence-electron chi connectivity index (χ1n) is 8.73. The van der Waals surface area contributed by atoms with Gasteiger partial charge in [0.25, 0.3) is 5.56 Å². The third-order valence-corrected chi connectivity index (χ3v) is 5.08. The van der Waals surface area contributed by atoms with Crippen LogP contribution in [0.2, 0.25) is 0 Å². The molecular weight excluding hydrogens is 308 g/mol. The lowest BCUT2D eigenvalue weighted by Crippen LogP contribution is -2.47. The monoisotopic (exact) mass is 334 g/mol. The van der Waals surface area contributed by atoms with Crippen LogP contribution in [-0.2, 0) is 16.1 Å². The van der Waals surface area contributed by atoms with Gasteiger partial charge in [-0.25, -0.2) is 4.68 Å². The molecule has 0 N–H and O–H groups in total. The molecule has 0 aliphatic carbocycles. The SMILES string of the molecule is CC[C@@H]1CN(C(=O)Cn2nc(C)ccc2=O)C[C@H]1N1CCOCC1. The number of rotatable bonds is 4. The maximum atomic E-state index is 12.7. The first-order chi connectivity index (χ1) is 11.6. The van der Waals surface area contributed by atoms with Gasteiger partial charge >= 0.3 is 0 Å². The average molecular weight is 334 g/mol. The van der Waals surface area contributed by atoms with Crippen molar-refractivity contribution in [3.05, 3.63) is 28.2 Å². The van der Waals surface area contributed by atoms with Gasteiger partial charge in [-0.3, -0.25) is 14.5 Å². The molecule has 0 bridgehead atoms. The minimum Gasteiger partial charge on any atom is -0.379 e. The summed E-state index contributed by atoms with van der Waals surface area (Å²) in [6, 6.07) is 3.52. The zero-order chi connectivity index (χ0) is 17.1. The largest absolute Gasteiger partial charge is 0.379 e. The number of hydrogen-bond donors (Lipinski definition) is 0. The Hall–Kier alpha value is -1.73. The third kappa shape index (κ3) is 3.67. The van der Waals surface area contributed by atoms with Crippen LogP contribution >= 0.6 is 0 Å². The second-order valence-electron chi connectivity index (χ2n) is 6.65. The van der Waals surface area contributed by atoms with E-state index in [0.29, 0.717) is 12.0 Å². The molecule has 24 heavy (non-hydrogen) atoms. The lowest BCUT2D eigenvalue weighted by atomic mass is 9.99. The van der Waals surface area contributed by atoms with Crippen molar-refractivity contribution in [1.82, 2.24) is 19.6 Å². The van der Waals surface area contributed by atoms with Gasteiger partial charge in [-0.15, -0.1) is 0 Å². The minimum atomic E-state index is -0.232. The Morgan fingerprint density at radius 1 is 1.29 bits per heavy atom. The van der Waals surface area contributed by atoms with Crippen molar-refractivity contribution >= 4 is 5.91 Å². The predicted octanol–water partition coefficient (Wildman–Crippen LogP) is 0.121. The van der Waals surface area contributed by atoms with Gasteiger partial charge in [-0.2, -0.15) is 5.10 Å². The predicted molar refractivity (Wildman–Crippen MR) is 89.8 cm³/mol. The number of carbonyl (C=O) groups excluding carboxylic acids is 1. The number of nitrogens with zero attached hydrogens (tertiary/aromatic N) is 4. The van der Waals surface area contributed by atoms with Crippen LogP contribution < -0.4 is 5.56 Å². The fourth-order valence-corrected chi connectivity index (χ4v) is 3.67. The number of carbonyl (C=O) groups is 1. The highest BCUT2D eigenvalue weighted by molar-refractivity contribution is 5.76. The highest BCUT2D eigenvalue weighted by Gasteiger charge is 2.38. The number of aromatic nitrogens is 2. The Morgan fingerprint density at radius 3 is 2.75 bits per heavy atom. The maximum absolute atomic E-state index is 12.7. The van der Waals surface area contributed by atoms with Crippen molar-refractivity contribution in [2.75, 3.05) is 39.4 Å². The Balaban J connectivity index is 1.67. The van der Waals surface area contributed by atoms with Gasteiger partial charge in [-0.05, 0) is 18.9 Å². The van der Waals surface area contributed by atoms with E-state index >= 15 is 0 Å². The van der Waals surface area contributed by atoms with E-state index in [0.717, 1.165) is 51.5 Å². The van der Waals surface area contributed by atoms with E-state index in [-0.39, 0.29) is 18.0 Å². The summed E-state index contributed by atoms with van der Waals surface area (Å²) in [6.07, 6.45) is 1.05. The maximum Gasteiger partial charge on any atom is 0.267 e. The summed E-state index contributed by atoms with van der Waals surface area (Å²) in [5.74, 6) is 0.457. The summed E-state index contributed by atoms with van der Waals surface area (Å²) < 4.78 is 6.70. The number of morpholine rings is 1. The molecule has 0 spiro atoms. The van der Waals surface area contributed by atoms with Crippen LogP contribution in [0.25, 0.3) is 0 Å². The number of hydrogen-bond acceptors (Lipinski definition) is 5. The molecule has 0 radical (unpaired) electrons. The zero-order valence-electron chi connectivity index (χ0n) is 14.5. The zero-order valence-corrected chi connectivity index (χ0v) is 14.5. The van der Waals surface area contributed by atoms with Gasteiger partial charge in [0.05, 0.1) is 18.9 Å². The lowest BCUT2D eigenvalue weighted by molar-refractivity contribution is -0.131. The van der Waals surface area contributed by atoms with Gasteiger partial charge in [0.2, 0.25) is 5.91 Å². The van der Waals surface area contributed by atoms with Crippen LogP contribution in [0.15, 0.2) is 16.9 Å². The Bertz CT molecular complexity index is 639. The van der Waals surface area contributed by atoms with E-state index in [2.05, 4.69) is 16.9 Å². The molecule has 2 aliphatic heterocycles. The molecule has 1 aromatic heterocycles. The van der Waals surface area contributed by atoms with E-state index < -0.39 is 0 Å². The number of likely N-dealkylation sites (tertiary alicyclic amines) is 1. The summed E-state index contributed by atoms with van der Waals surface area (Å²) in [7, 11) is 0.